The Morgan fingerprint density at radius 3 is 2.61 bits per heavy atom. The van der Waals surface area contributed by atoms with E-state index in [4.69, 9.17) is 9.47 Å². The first kappa shape index (κ1) is 20.9. The number of anilines is 1. The molecule has 10 heteroatoms. The molecule has 0 aliphatic carbocycles. The van der Waals surface area contributed by atoms with Gasteiger partial charge in [-0.15, -0.1) is 0 Å². The first-order valence-electron chi connectivity index (χ1n) is 8.72. The Kier molecular flexibility index (Phi) is 7.49. The third kappa shape index (κ3) is 5.79. The molecule has 0 radical (unpaired) electrons. The van der Waals surface area contributed by atoms with Crippen molar-refractivity contribution in [3.8, 4) is 0 Å². The van der Waals surface area contributed by atoms with Gasteiger partial charge in [-0.05, 0) is 25.5 Å². The van der Waals surface area contributed by atoms with Crippen LogP contribution in [0.1, 0.15) is 30.1 Å². The average molecular weight is 391 g/mol. The maximum atomic E-state index is 12.0. The molecule has 0 bridgehead atoms. The molecular formula is C18H21N3O7. The van der Waals surface area contributed by atoms with Gasteiger partial charge in [-0.3, -0.25) is 19.3 Å². The number of urea groups is 1. The van der Waals surface area contributed by atoms with Crippen molar-refractivity contribution < 1.29 is 33.4 Å². The van der Waals surface area contributed by atoms with Crippen molar-refractivity contribution in [3.63, 3.8) is 0 Å². The summed E-state index contributed by atoms with van der Waals surface area (Å²) in [5, 5.41) is 4.87. The Labute approximate surface area is 161 Å². The minimum Gasteiger partial charge on any atom is -0.462 e. The molecule has 1 aliphatic heterocycles. The van der Waals surface area contributed by atoms with Crippen molar-refractivity contribution in [1.29, 1.82) is 0 Å². The number of imide groups is 1. The number of nitrogens with one attached hydrogen (secondary N) is 2. The number of hydrogen-bond acceptors (Lipinski definition) is 7. The first-order valence-corrected chi connectivity index (χ1v) is 8.72. The largest absolute Gasteiger partial charge is 0.462 e. The summed E-state index contributed by atoms with van der Waals surface area (Å²) in [5.74, 6) is -2.17. The lowest BCUT2D eigenvalue weighted by molar-refractivity contribution is -0.147. The molecular weight excluding hydrogens is 370 g/mol. The monoisotopic (exact) mass is 391 g/mol. The highest BCUT2D eigenvalue weighted by molar-refractivity contribution is 6.02. The minimum absolute atomic E-state index is 0.0449. The molecule has 1 fully saturated rings. The number of para-hydroxylation sites is 1. The van der Waals surface area contributed by atoms with Crippen LogP contribution in [0, 0.1) is 0 Å². The quantitative estimate of drug-likeness (QED) is 0.467. The summed E-state index contributed by atoms with van der Waals surface area (Å²) in [6, 6.07) is 5.82. The number of hydrogen-bond donors (Lipinski definition) is 2. The second kappa shape index (κ2) is 10.0. The second-order valence-corrected chi connectivity index (χ2v) is 5.78. The third-order valence-corrected chi connectivity index (χ3v) is 3.76. The van der Waals surface area contributed by atoms with Crippen molar-refractivity contribution in [3.05, 3.63) is 29.8 Å². The maximum Gasteiger partial charge on any atom is 0.340 e. The van der Waals surface area contributed by atoms with E-state index in [1.54, 1.807) is 19.1 Å². The fraction of sp³-hybridized carbons (Fsp3) is 0.389. The van der Waals surface area contributed by atoms with E-state index in [0.29, 0.717) is 0 Å². The zero-order chi connectivity index (χ0) is 20.5. The van der Waals surface area contributed by atoms with Crippen LogP contribution in [0.3, 0.4) is 0 Å². The Hall–Kier alpha value is -3.43. The van der Waals surface area contributed by atoms with Crippen LogP contribution in [0.15, 0.2) is 24.3 Å². The van der Waals surface area contributed by atoms with Gasteiger partial charge >= 0.3 is 18.0 Å². The third-order valence-electron chi connectivity index (χ3n) is 3.76. The van der Waals surface area contributed by atoms with E-state index in [1.807, 2.05) is 0 Å². The van der Waals surface area contributed by atoms with Crippen molar-refractivity contribution in [2.75, 3.05) is 31.6 Å². The van der Waals surface area contributed by atoms with E-state index in [0.717, 1.165) is 4.90 Å². The number of ether oxygens (including phenoxy) is 2. The van der Waals surface area contributed by atoms with Crippen LogP contribution in [0.4, 0.5) is 10.5 Å². The minimum atomic E-state index is -0.638. The van der Waals surface area contributed by atoms with Crippen molar-refractivity contribution >= 4 is 35.5 Å². The van der Waals surface area contributed by atoms with Crippen LogP contribution in [0.25, 0.3) is 0 Å². The van der Waals surface area contributed by atoms with Crippen molar-refractivity contribution in [2.45, 2.75) is 19.8 Å². The summed E-state index contributed by atoms with van der Waals surface area (Å²) in [6.07, 6.45) is 0.176. The number of benzene rings is 1. The van der Waals surface area contributed by atoms with Gasteiger partial charge in [0.05, 0.1) is 24.4 Å². The lowest BCUT2D eigenvalue weighted by Crippen LogP contribution is -2.32. The number of nitrogens with zero attached hydrogens (tertiary/aromatic N) is 1. The number of rotatable bonds is 9. The molecule has 10 nitrogen and oxygen atoms in total. The number of amides is 4. The van der Waals surface area contributed by atoms with E-state index in [-0.39, 0.29) is 49.7 Å². The van der Waals surface area contributed by atoms with Gasteiger partial charge < -0.3 is 20.1 Å². The highest BCUT2D eigenvalue weighted by atomic mass is 16.5. The van der Waals surface area contributed by atoms with Gasteiger partial charge in [0.15, 0.2) is 6.61 Å². The molecule has 150 valence electrons. The second-order valence-electron chi connectivity index (χ2n) is 5.78. The first-order chi connectivity index (χ1) is 13.4. The maximum absolute atomic E-state index is 12.0. The fourth-order valence-electron chi connectivity index (χ4n) is 2.45. The normalized spacial score (nSPS) is 13.1. The molecule has 0 unspecified atom stereocenters. The summed E-state index contributed by atoms with van der Waals surface area (Å²) >= 11 is 0. The molecule has 1 aromatic rings. The average Bonchev–Trinajstić information content (AvgIpc) is 2.99. The van der Waals surface area contributed by atoms with Crippen LogP contribution in [0.2, 0.25) is 0 Å². The highest BCUT2D eigenvalue weighted by Gasteiger charge is 2.27. The Bertz CT molecular complexity index is 762. The molecule has 28 heavy (non-hydrogen) atoms. The van der Waals surface area contributed by atoms with Crippen LogP contribution in [0.5, 0.6) is 0 Å². The summed E-state index contributed by atoms with van der Waals surface area (Å²) in [7, 11) is 0. The molecule has 0 atom stereocenters. The van der Waals surface area contributed by atoms with Gasteiger partial charge in [-0.25, -0.2) is 9.59 Å². The number of carbonyl (C=O) groups excluding carboxylic acids is 5. The molecule has 2 rings (SSSR count). The molecule has 4 amide bonds. The van der Waals surface area contributed by atoms with E-state index < -0.39 is 30.5 Å². The summed E-state index contributed by atoms with van der Waals surface area (Å²) in [4.78, 5) is 59.3. The van der Waals surface area contributed by atoms with Gasteiger partial charge in [0, 0.05) is 13.0 Å². The standard InChI is InChI=1S/C18H21N3O7/c1-2-27-17(25)12-6-3-4-7-13(12)20-14(22)11-28-16(24)8-5-9-21-15(23)10-19-18(21)26/h3-4,6-7H,2,5,8-11H2,1H3,(H,19,26)(H,20,22). The van der Waals surface area contributed by atoms with Crippen LogP contribution in [-0.4, -0.2) is 61.0 Å². The van der Waals surface area contributed by atoms with E-state index in [2.05, 4.69) is 10.6 Å². The lowest BCUT2D eigenvalue weighted by atomic mass is 10.2. The fourth-order valence-corrected chi connectivity index (χ4v) is 2.45. The topological polar surface area (TPSA) is 131 Å². The molecule has 2 N–H and O–H groups in total. The molecule has 0 aromatic heterocycles. The van der Waals surface area contributed by atoms with Gasteiger partial charge in [-0.1, -0.05) is 12.1 Å². The summed E-state index contributed by atoms with van der Waals surface area (Å²) in [6.45, 7) is 1.39. The van der Waals surface area contributed by atoms with E-state index in [9.17, 15) is 24.0 Å². The van der Waals surface area contributed by atoms with Gasteiger partial charge in [0.25, 0.3) is 5.91 Å². The van der Waals surface area contributed by atoms with Crippen LogP contribution < -0.4 is 10.6 Å². The molecule has 1 aliphatic rings. The number of esters is 2. The predicted octanol–water partition coefficient (Wildman–Crippen LogP) is 0.677. The summed E-state index contributed by atoms with van der Waals surface area (Å²) in [5.41, 5.74) is 0.443. The Balaban J connectivity index is 1.75. The SMILES string of the molecule is CCOC(=O)c1ccccc1NC(=O)COC(=O)CCCN1C(=O)CNC1=O. The summed E-state index contributed by atoms with van der Waals surface area (Å²) < 4.78 is 9.79. The van der Waals surface area contributed by atoms with Crippen molar-refractivity contribution in [1.82, 2.24) is 10.2 Å². The molecule has 1 saturated heterocycles. The Morgan fingerprint density at radius 1 is 1.18 bits per heavy atom. The van der Waals surface area contributed by atoms with Crippen LogP contribution >= 0.6 is 0 Å². The van der Waals surface area contributed by atoms with E-state index >= 15 is 0 Å². The highest BCUT2D eigenvalue weighted by Crippen LogP contribution is 2.16. The Morgan fingerprint density at radius 2 is 1.93 bits per heavy atom. The van der Waals surface area contributed by atoms with Gasteiger partial charge in [-0.2, -0.15) is 0 Å². The smallest absolute Gasteiger partial charge is 0.340 e. The lowest BCUT2D eigenvalue weighted by Gasteiger charge is -2.12. The van der Waals surface area contributed by atoms with E-state index in [1.165, 1.54) is 12.1 Å². The molecule has 1 aromatic carbocycles. The molecule has 0 saturated carbocycles. The zero-order valence-electron chi connectivity index (χ0n) is 15.4. The van der Waals surface area contributed by atoms with Crippen molar-refractivity contribution in [2.24, 2.45) is 0 Å². The predicted molar refractivity (Wildman–Crippen MR) is 96.3 cm³/mol. The molecule has 0 spiro atoms. The van der Waals surface area contributed by atoms with Crippen LogP contribution in [-0.2, 0) is 23.9 Å². The molecule has 1 heterocycles. The van der Waals surface area contributed by atoms with Gasteiger partial charge in [0.2, 0.25) is 5.91 Å². The zero-order valence-corrected chi connectivity index (χ0v) is 15.4. The van der Waals surface area contributed by atoms with Gasteiger partial charge in [0.1, 0.15) is 0 Å². The number of carbonyl (C=O) groups is 5.